The number of carboxylic acid groups (broad SMARTS) is 1. The first-order valence-corrected chi connectivity index (χ1v) is 22.0. The molecule has 0 saturated heterocycles. The molecule has 0 fully saturated rings. The quantitative estimate of drug-likeness (QED) is 0.102. The van der Waals surface area contributed by atoms with Crippen LogP contribution in [0.3, 0.4) is 0 Å². The van der Waals surface area contributed by atoms with Crippen LogP contribution >= 0.6 is 34.0 Å². The molecular formula is C44H42N2O8S3. The number of unbranched alkanes of at least 4 members (excludes halogenated alkanes) is 1. The van der Waals surface area contributed by atoms with Gasteiger partial charge < -0.3 is 38.4 Å². The van der Waals surface area contributed by atoms with Gasteiger partial charge in [0.25, 0.3) is 0 Å². The Bertz CT molecular complexity index is 2420. The second-order valence-electron chi connectivity index (χ2n) is 14.4. The highest BCUT2D eigenvalue weighted by Crippen LogP contribution is 2.64. The number of rotatable bonds is 11. The van der Waals surface area contributed by atoms with Gasteiger partial charge in [-0.1, -0.05) is 57.4 Å². The Hall–Kier alpha value is -5.16. The number of hydrogen-bond acceptors (Lipinski definition) is 12. The van der Waals surface area contributed by atoms with Crippen LogP contribution in [0.5, 0.6) is 34.5 Å². The normalized spacial score (nSPS) is 15.9. The second kappa shape index (κ2) is 16.0. The van der Waals surface area contributed by atoms with Crippen LogP contribution in [0.1, 0.15) is 55.5 Å². The van der Waals surface area contributed by atoms with E-state index in [4.69, 9.17) is 28.4 Å². The lowest BCUT2D eigenvalue weighted by Crippen LogP contribution is -2.26. The largest absolute Gasteiger partial charge is 0.485 e. The van der Waals surface area contributed by atoms with E-state index in [0.29, 0.717) is 79.2 Å². The SMILES string of the molecule is CCCCC(CC)CN1c2ccccc2CCc2cc(-c3sc(-c4sc(-c5sc(/C=C(\C#N)C(=O)O)c6c5OCCO6)c5c4OCCO5)c4c3OCCO4)ccc21. The van der Waals surface area contributed by atoms with E-state index in [9.17, 15) is 15.2 Å². The minimum atomic E-state index is -1.31. The van der Waals surface area contributed by atoms with Crippen LogP contribution in [-0.2, 0) is 17.6 Å². The summed E-state index contributed by atoms with van der Waals surface area (Å²) in [5.41, 5.74) is 5.97. The van der Waals surface area contributed by atoms with Crippen molar-refractivity contribution in [3.63, 3.8) is 0 Å². The van der Waals surface area contributed by atoms with E-state index in [1.165, 1.54) is 70.5 Å². The molecule has 13 heteroatoms. The van der Waals surface area contributed by atoms with E-state index < -0.39 is 11.5 Å². The summed E-state index contributed by atoms with van der Waals surface area (Å²) in [7, 11) is 0. The zero-order chi connectivity index (χ0) is 39.0. The van der Waals surface area contributed by atoms with Gasteiger partial charge in [-0.25, -0.2) is 4.79 Å². The first-order valence-electron chi connectivity index (χ1n) is 19.6. The van der Waals surface area contributed by atoms with Crippen molar-refractivity contribution in [3.05, 3.63) is 64.0 Å². The molecule has 5 aromatic rings. The maximum Gasteiger partial charge on any atom is 0.346 e. The fraction of sp³-hybridized carbons (Fsp3) is 0.364. The predicted molar refractivity (Wildman–Crippen MR) is 225 cm³/mol. The molecule has 0 radical (unpaired) electrons. The number of fused-ring (bicyclic) bond motifs is 5. The number of aliphatic carboxylic acids is 1. The molecule has 3 aromatic heterocycles. The van der Waals surface area contributed by atoms with Crippen molar-refractivity contribution in [2.45, 2.75) is 52.4 Å². The fourth-order valence-corrected chi connectivity index (χ4v) is 11.7. The molecule has 294 valence electrons. The smallest absolute Gasteiger partial charge is 0.346 e. The Morgan fingerprint density at radius 3 is 1.91 bits per heavy atom. The van der Waals surface area contributed by atoms with E-state index in [1.807, 2.05) is 0 Å². The highest BCUT2D eigenvalue weighted by atomic mass is 32.1. The van der Waals surface area contributed by atoms with Gasteiger partial charge in [-0.15, -0.1) is 34.0 Å². The number of benzene rings is 2. The summed E-state index contributed by atoms with van der Waals surface area (Å²) < 4.78 is 37.7. The summed E-state index contributed by atoms with van der Waals surface area (Å²) in [4.78, 5) is 19.1. The summed E-state index contributed by atoms with van der Waals surface area (Å²) in [6.45, 7) is 7.84. The van der Waals surface area contributed by atoms with Gasteiger partial charge in [-0.2, -0.15) is 5.26 Å². The molecular weight excluding hydrogens is 781 g/mol. The number of thiophene rings is 3. The van der Waals surface area contributed by atoms with Crippen LogP contribution < -0.4 is 33.3 Å². The Morgan fingerprint density at radius 1 is 0.754 bits per heavy atom. The van der Waals surface area contributed by atoms with Crippen molar-refractivity contribution in [2.75, 3.05) is 51.1 Å². The highest BCUT2D eigenvalue weighted by Gasteiger charge is 2.37. The van der Waals surface area contributed by atoms with E-state index in [-0.39, 0.29) is 0 Å². The minimum Gasteiger partial charge on any atom is -0.485 e. The maximum absolute atomic E-state index is 11.8. The van der Waals surface area contributed by atoms with Crippen molar-refractivity contribution in [3.8, 4) is 70.5 Å². The van der Waals surface area contributed by atoms with E-state index >= 15 is 0 Å². The molecule has 1 unspecified atom stereocenters. The summed E-state index contributed by atoms with van der Waals surface area (Å²) in [6, 6.07) is 17.5. The van der Waals surface area contributed by atoms with Crippen molar-refractivity contribution in [1.82, 2.24) is 0 Å². The van der Waals surface area contributed by atoms with Gasteiger partial charge in [0.2, 0.25) is 0 Å². The third-order valence-corrected chi connectivity index (χ3v) is 14.6. The van der Waals surface area contributed by atoms with Gasteiger partial charge in [0.1, 0.15) is 51.3 Å². The van der Waals surface area contributed by atoms with Gasteiger partial charge in [0, 0.05) is 17.9 Å². The number of anilines is 2. The average Bonchev–Trinajstić information content (AvgIpc) is 3.91. The number of carboxylic acids is 1. The van der Waals surface area contributed by atoms with E-state index in [2.05, 4.69) is 61.2 Å². The molecule has 1 N–H and O–H groups in total. The molecule has 0 spiro atoms. The second-order valence-corrected chi connectivity index (χ2v) is 17.4. The Morgan fingerprint density at radius 2 is 1.30 bits per heavy atom. The number of carbonyl (C=O) groups is 1. The number of aryl methyl sites for hydroxylation is 2. The molecule has 0 amide bonds. The van der Waals surface area contributed by atoms with Gasteiger partial charge in [0.05, 0.1) is 29.3 Å². The summed E-state index contributed by atoms with van der Waals surface area (Å²) in [6.07, 6.45) is 8.06. The number of para-hydroxylation sites is 1. The third-order valence-electron chi connectivity index (χ3n) is 10.8. The summed E-state index contributed by atoms with van der Waals surface area (Å²) >= 11 is 4.43. The lowest BCUT2D eigenvalue weighted by Gasteiger charge is -2.31. The first-order chi connectivity index (χ1) is 28.0. The van der Waals surface area contributed by atoms with Crippen molar-refractivity contribution >= 4 is 57.4 Å². The Balaban J connectivity index is 1.14. The molecule has 0 saturated carbocycles. The molecule has 4 aliphatic heterocycles. The van der Waals surface area contributed by atoms with Crippen molar-refractivity contribution in [1.29, 1.82) is 5.26 Å². The Kier molecular flexibility index (Phi) is 10.5. The third kappa shape index (κ3) is 6.87. The summed E-state index contributed by atoms with van der Waals surface area (Å²) in [5, 5.41) is 19.1. The molecule has 9 rings (SSSR count). The van der Waals surface area contributed by atoms with Crippen molar-refractivity contribution in [2.24, 2.45) is 5.92 Å². The Labute approximate surface area is 343 Å². The molecule has 0 bridgehead atoms. The minimum absolute atomic E-state index is 0.305. The monoisotopic (exact) mass is 822 g/mol. The molecule has 7 heterocycles. The van der Waals surface area contributed by atoms with Crippen LogP contribution in [0, 0.1) is 17.2 Å². The predicted octanol–water partition coefficient (Wildman–Crippen LogP) is 10.6. The van der Waals surface area contributed by atoms with Crippen molar-refractivity contribution < 1.29 is 38.3 Å². The molecule has 4 aliphatic rings. The summed E-state index contributed by atoms with van der Waals surface area (Å²) in [5.74, 6) is 2.84. The van der Waals surface area contributed by atoms with Gasteiger partial charge in [-0.3, -0.25) is 0 Å². The van der Waals surface area contributed by atoms with Crippen LogP contribution in [0.25, 0.3) is 36.0 Å². The van der Waals surface area contributed by atoms with Crippen LogP contribution in [0.15, 0.2) is 48.0 Å². The van der Waals surface area contributed by atoms with Crippen LogP contribution in [-0.4, -0.2) is 57.3 Å². The van der Waals surface area contributed by atoms with Crippen LogP contribution in [0.4, 0.5) is 11.4 Å². The topological polar surface area (TPSA) is 120 Å². The van der Waals surface area contributed by atoms with Gasteiger partial charge in [0.15, 0.2) is 34.5 Å². The lowest BCUT2D eigenvalue weighted by molar-refractivity contribution is -0.132. The molecule has 57 heavy (non-hydrogen) atoms. The number of hydrogen-bond donors (Lipinski definition) is 1. The zero-order valence-electron chi connectivity index (χ0n) is 31.8. The lowest BCUT2D eigenvalue weighted by atomic mass is 9.97. The average molecular weight is 823 g/mol. The van der Waals surface area contributed by atoms with E-state index in [1.54, 1.807) is 17.4 Å². The van der Waals surface area contributed by atoms with Gasteiger partial charge in [-0.05, 0) is 66.1 Å². The molecule has 0 aliphatic carbocycles. The standard InChI is InChI=1S/C44H42N2O8S3/c1-3-5-8-25(4-2)24-46-30-10-7-6-9-26(30)11-12-27-21-28(13-14-31(27)46)39-35-36(52-18-17-51-35)42(56-39)43-38-37(53-19-20-54-38)41(57-43)40-34-33(49-15-16-50-34)32(55-40)22-29(23-45)44(47)48/h6-7,9-10,13-14,21-22,25H,3-5,8,11-12,15-20,24H2,1-2H3,(H,47,48)/b29-22+. The van der Waals surface area contributed by atoms with Crippen LogP contribution in [0.2, 0.25) is 0 Å². The molecule has 2 aromatic carbocycles. The molecule has 10 nitrogen and oxygen atoms in total. The molecule has 1 atom stereocenters. The number of nitriles is 1. The maximum atomic E-state index is 11.8. The highest BCUT2D eigenvalue weighted by molar-refractivity contribution is 7.28. The van der Waals surface area contributed by atoms with Gasteiger partial charge >= 0.3 is 5.97 Å². The van der Waals surface area contributed by atoms with E-state index in [0.717, 1.165) is 61.5 Å². The first kappa shape index (κ1) is 37.4. The fourth-order valence-electron chi connectivity index (χ4n) is 7.98. The number of nitrogens with zero attached hydrogens (tertiary/aromatic N) is 2. The number of ether oxygens (including phenoxy) is 6. The zero-order valence-corrected chi connectivity index (χ0v) is 34.3.